The zero-order valence-electron chi connectivity index (χ0n) is 10.3. The third kappa shape index (κ3) is 3.85. The first-order valence-corrected chi connectivity index (χ1v) is 8.10. The monoisotopic (exact) mass is 345 g/mol. The minimum absolute atomic E-state index is 0.225. The van der Waals surface area contributed by atoms with Crippen LogP contribution in [0, 0.1) is 0 Å². The number of benzene rings is 1. The van der Waals surface area contributed by atoms with Gasteiger partial charge in [0, 0.05) is 10.0 Å². The van der Waals surface area contributed by atoms with Crippen molar-refractivity contribution in [1.82, 2.24) is 14.9 Å². The van der Waals surface area contributed by atoms with Gasteiger partial charge in [-0.1, -0.05) is 21.1 Å². The van der Waals surface area contributed by atoms with E-state index in [4.69, 9.17) is 4.52 Å². The molecule has 0 aliphatic carbocycles. The van der Waals surface area contributed by atoms with E-state index in [1.165, 1.54) is 0 Å². The fourth-order valence-electron chi connectivity index (χ4n) is 1.50. The molecule has 1 N–H and O–H groups in total. The SMILES string of the molecule is C[C@H](NS(C)(=O)=O)c1nc(-c2ccc(Br)cc2)no1. The molecule has 0 bridgehead atoms. The molecule has 0 saturated carbocycles. The molecule has 0 fully saturated rings. The molecule has 6 nitrogen and oxygen atoms in total. The van der Waals surface area contributed by atoms with Crippen LogP contribution in [0.2, 0.25) is 0 Å². The highest BCUT2D eigenvalue weighted by molar-refractivity contribution is 9.10. The second kappa shape index (κ2) is 5.40. The molecule has 0 spiro atoms. The number of nitrogens with zero attached hydrogens (tertiary/aromatic N) is 2. The van der Waals surface area contributed by atoms with Crippen LogP contribution in [0.5, 0.6) is 0 Å². The van der Waals surface area contributed by atoms with Gasteiger partial charge in [0.05, 0.1) is 12.3 Å². The van der Waals surface area contributed by atoms with Gasteiger partial charge in [0.15, 0.2) is 0 Å². The number of hydrogen-bond donors (Lipinski definition) is 1. The van der Waals surface area contributed by atoms with Crippen LogP contribution in [0.15, 0.2) is 33.3 Å². The van der Waals surface area contributed by atoms with E-state index in [9.17, 15) is 8.42 Å². The van der Waals surface area contributed by atoms with E-state index in [0.29, 0.717) is 5.82 Å². The fraction of sp³-hybridized carbons (Fsp3) is 0.273. The average Bonchev–Trinajstić information content (AvgIpc) is 2.77. The van der Waals surface area contributed by atoms with Crippen LogP contribution in [0.25, 0.3) is 11.4 Å². The van der Waals surface area contributed by atoms with Crippen molar-refractivity contribution < 1.29 is 12.9 Å². The van der Waals surface area contributed by atoms with Crippen LogP contribution >= 0.6 is 15.9 Å². The Bertz CT molecular complexity index is 667. The number of rotatable bonds is 4. The Morgan fingerprint density at radius 1 is 1.32 bits per heavy atom. The second-order valence-electron chi connectivity index (χ2n) is 4.07. The third-order valence-electron chi connectivity index (χ3n) is 2.31. The van der Waals surface area contributed by atoms with Gasteiger partial charge in [0.1, 0.15) is 0 Å². The summed E-state index contributed by atoms with van der Waals surface area (Å²) in [7, 11) is -3.32. The molecule has 2 aromatic rings. The average molecular weight is 346 g/mol. The van der Waals surface area contributed by atoms with E-state index in [-0.39, 0.29) is 5.89 Å². The van der Waals surface area contributed by atoms with Crippen molar-refractivity contribution in [3.8, 4) is 11.4 Å². The molecule has 1 aromatic carbocycles. The molecule has 1 aromatic heterocycles. The Morgan fingerprint density at radius 3 is 2.53 bits per heavy atom. The van der Waals surface area contributed by atoms with Gasteiger partial charge in [0.25, 0.3) is 0 Å². The Labute approximate surface area is 119 Å². The lowest BCUT2D eigenvalue weighted by Crippen LogP contribution is -2.25. The predicted molar refractivity (Wildman–Crippen MR) is 73.8 cm³/mol. The molecule has 2 rings (SSSR count). The molecule has 1 atom stereocenters. The molecule has 1 heterocycles. The smallest absolute Gasteiger partial charge is 0.244 e. The molecule has 0 aliphatic rings. The Morgan fingerprint density at radius 2 is 1.95 bits per heavy atom. The van der Waals surface area contributed by atoms with E-state index in [0.717, 1.165) is 16.3 Å². The molecule has 19 heavy (non-hydrogen) atoms. The predicted octanol–water partition coefficient (Wildman–Crippen LogP) is 2.11. The van der Waals surface area contributed by atoms with E-state index in [2.05, 4.69) is 30.8 Å². The molecule has 0 aliphatic heterocycles. The topological polar surface area (TPSA) is 85.1 Å². The maximum Gasteiger partial charge on any atom is 0.244 e. The van der Waals surface area contributed by atoms with Gasteiger partial charge in [-0.3, -0.25) is 0 Å². The van der Waals surface area contributed by atoms with Crippen LogP contribution in [0.4, 0.5) is 0 Å². The minimum Gasteiger partial charge on any atom is -0.337 e. The number of sulfonamides is 1. The number of aromatic nitrogens is 2. The van der Waals surface area contributed by atoms with Crippen LogP contribution in [0.3, 0.4) is 0 Å². The van der Waals surface area contributed by atoms with Gasteiger partial charge < -0.3 is 4.52 Å². The number of nitrogens with one attached hydrogen (secondary N) is 1. The second-order valence-corrected chi connectivity index (χ2v) is 6.77. The molecule has 0 radical (unpaired) electrons. The molecule has 0 amide bonds. The summed E-state index contributed by atoms with van der Waals surface area (Å²) in [5, 5.41) is 3.83. The fourth-order valence-corrected chi connectivity index (χ4v) is 2.51. The highest BCUT2D eigenvalue weighted by Gasteiger charge is 2.18. The van der Waals surface area contributed by atoms with E-state index in [1.54, 1.807) is 6.92 Å². The Kier molecular flexibility index (Phi) is 4.02. The summed E-state index contributed by atoms with van der Waals surface area (Å²) in [5.74, 6) is 0.646. The van der Waals surface area contributed by atoms with Crippen molar-refractivity contribution in [3.63, 3.8) is 0 Å². The van der Waals surface area contributed by atoms with Gasteiger partial charge in [-0.2, -0.15) is 4.98 Å². The van der Waals surface area contributed by atoms with Crippen molar-refractivity contribution in [2.75, 3.05) is 6.26 Å². The lowest BCUT2D eigenvalue weighted by Gasteiger charge is -2.05. The Hall–Kier alpha value is -1.25. The van der Waals surface area contributed by atoms with Crippen LogP contribution in [-0.2, 0) is 10.0 Å². The minimum atomic E-state index is -3.32. The molecule has 0 unspecified atom stereocenters. The van der Waals surface area contributed by atoms with Crippen molar-refractivity contribution >= 4 is 26.0 Å². The lowest BCUT2D eigenvalue weighted by molar-refractivity contribution is 0.354. The van der Waals surface area contributed by atoms with Gasteiger partial charge >= 0.3 is 0 Å². The summed E-state index contributed by atoms with van der Waals surface area (Å²) in [6, 6.07) is 6.85. The van der Waals surface area contributed by atoms with Crippen molar-refractivity contribution in [3.05, 3.63) is 34.6 Å². The van der Waals surface area contributed by atoms with Crippen LogP contribution < -0.4 is 4.72 Å². The first kappa shape index (κ1) is 14.2. The highest BCUT2D eigenvalue weighted by Crippen LogP contribution is 2.20. The summed E-state index contributed by atoms with van der Waals surface area (Å²) in [6.45, 7) is 1.64. The molecular formula is C11H12BrN3O3S. The maximum atomic E-state index is 11.1. The van der Waals surface area contributed by atoms with Gasteiger partial charge in [0.2, 0.25) is 21.7 Å². The molecular weight excluding hydrogens is 334 g/mol. The highest BCUT2D eigenvalue weighted by atomic mass is 79.9. The molecule has 8 heteroatoms. The maximum absolute atomic E-state index is 11.1. The Balaban J connectivity index is 2.21. The first-order chi connectivity index (χ1) is 8.85. The number of halogens is 1. The summed E-state index contributed by atoms with van der Waals surface area (Å²) in [4.78, 5) is 4.17. The van der Waals surface area contributed by atoms with E-state index < -0.39 is 16.1 Å². The summed E-state index contributed by atoms with van der Waals surface area (Å²) >= 11 is 3.34. The van der Waals surface area contributed by atoms with Gasteiger partial charge in [-0.25, -0.2) is 13.1 Å². The van der Waals surface area contributed by atoms with Gasteiger partial charge in [-0.05, 0) is 31.2 Å². The third-order valence-corrected chi connectivity index (χ3v) is 3.62. The van der Waals surface area contributed by atoms with Crippen molar-refractivity contribution in [2.45, 2.75) is 13.0 Å². The number of hydrogen-bond acceptors (Lipinski definition) is 5. The van der Waals surface area contributed by atoms with Crippen LogP contribution in [-0.4, -0.2) is 24.8 Å². The summed E-state index contributed by atoms with van der Waals surface area (Å²) < 4.78 is 30.6. The zero-order valence-corrected chi connectivity index (χ0v) is 12.7. The first-order valence-electron chi connectivity index (χ1n) is 5.42. The van der Waals surface area contributed by atoms with Gasteiger partial charge in [-0.15, -0.1) is 0 Å². The molecule has 0 saturated heterocycles. The normalized spacial score (nSPS) is 13.4. The molecule has 102 valence electrons. The lowest BCUT2D eigenvalue weighted by atomic mass is 10.2. The summed E-state index contributed by atoms with van der Waals surface area (Å²) in [5.41, 5.74) is 0.796. The summed E-state index contributed by atoms with van der Waals surface area (Å²) in [6.07, 6.45) is 1.08. The van der Waals surface area contributed by atoms with E-state index >= 15 is 0 Å². The van der Waals surface area contributed by atoms with Crippen LogP contribution in [0.1, 0.15) is 18.9 Å². The van der Waals surface area contributed by atoms with Crippen molar-refractivity contribution in [1.29, 1.82) is 0 Å². The van der Waals surface area contributed by atoms with E-state index in [1.807, 2.05) is 24.3 Å². The quantitative estimate of drug-likeness (QED) is 0.917. The zero-order chi connectivity index (χ0) is 14.0. The standard InChI is InChI=1S/C11H12BrN3O3S/c1-7(15-19(2,16)17)11-13-10(14-18-11)8-3-5-9(12)6-4-8/h3-7,15H,1-2H3/t7-/m0/s1. The van der Waals surface area contributed by atoms with Crippen molar-refractivity contribution in [2.24, 2.45) is 0 Å². The largest absolute Gasteiger partial charge is 0.337 e.